The number of ether oxygens (including phenoxy) is 2. The summed E-state index contributed by atoms with van der Waals surface area (Å²) in [5.74, 6) is 1.15. The van der Waals surface area contributed by atoms with Gasteiger partial charge >= 0.3 is 0 Å². The monoisotopic (exact) mass is 389 g/mol. The minimum absolute atomic E-state index is 0.0930. The second-order valence-electron chi connectivity index (χ2n) is 6.36. The summed E-state index contributed by atoms with van der Waals surface area (Å²) in [6.45, 7) is 2.67. The SMILES string of the molecule is COc1ccc(OC)c(NC(=O)CN2CCNCC2c2cccc(Cl)c2)c1. The fraction of sp³-hybridized carbons (Fsp3) is 0.350. The molecule has 1 unspecified atom stereocenters. The zero-order valence-electron chi connectivity index (χ0n) is 15.5. The van der Waals surface area contributed by atoms with Crippen LogP contribution in [0.1, 0.15) is 11.6 Å². The first-order chi connectivity index (χ1) is 13.1. The van der Waals surface area contributed by atoms with Crippen LogP contribution in [-0.2, 0) is 4.79 Å². The van der Waals surface area contributed by atoms with Crippen molar-refractivity contribution in [2.75, 3.05) is 45.7 Å². The van der Waals surface area contributed by atoms with E-state index in [9.17, 15) is 4.79 Å². The molecule has 0 saturated carbocycles. The number of carbonyl (C=O) groups is 1. The van der Waals surface area contributed by atoms with Crippen molar-refractivity contribution >= 4 is 23.2 Å². The smallest absolute Gasteiger partial charge is 0.238 e. The number of rotatable bonds is 6. The summed E-state index contributed by atoms with van der Waals surface area (Å²) < 4.78 is 10.6. The number of carbonyl (C=O) groups excluding carboxylic acids is 1. The lowest BCUT2D eigenvalue weighted by atomic mass is 10.0. The summed E-state index contributed by atoms with van der Waals surface area (Å²) in [5, 5.41) is 7.02. The summed E-state index contributed by atoms with van der Waals surface area (Å²) >= 11 is 6.14. The predicted octanol–water partition coefficient (Wildman–Crippen LogP) is 2.94. The van der Waals surface area contributed by atoms with Crippen LogP contribution in [0.25, 0.3) is 0 Å². The quantitative estimate of drug-likeness (QED) is 0.795. The van der Waals surface area contributed by atoms with Crippen molar-refractivity contribution < 1.29 is 14.3 Å². The first-order valence-corrected chi connectivity index (χ1v) is 9.20. The fourth-order valence-electron chi connectivity index (χ4n) is 3.26. The van der Waals surface area contributed by atoms with Gasteiger partial charge in [-0.25, -0.2) is 0 Å². The van der Waals surface area contributed by atoms with E-state index in [0.29, 0.717) is 22.2 Å². The van der Waals surface area contributed by atoms with Crippen molar-refractivity contribution in [2.24, 2.45) is 0 Å². The van der Waals surface area contributed by atoms with Crippen molar-refractivity contribution in [2.45, 2.75) is 6.04 Å². The van der Waals surface area contributed by atoms with Crippen molar-refractivity contribution in [3.63, 3.8) is 0 Å². The molecule has 1 aliphatic rings. The molecule has 0 bridgehead atoms. The summed E-state index contributed by atoms with van der Waals surface area (Å²) in [5.41, 5.74) is 1.69. The number of nitrogens with one attached hydrogen (secondary N) is 2. The van der Waals surface area contributed by atoms with Crippen LogP contribution in [0.2, 0.25) is 5.02 Å². The van der Waals surface area contributed by atoms with Crippen LogP contribution in [0.4, 0.5) is 5.69 Å². The maximum absolute atomic E-state index is 12.7. The lowest BCUT2D eigenvalue weighted by molar-refractivity contribution is -0.118. The van der Waals surface area contributed by atoms with Crippen molar-refractivity contribution in [3.05, 3.63) is 53.1 Å². The van der Waals surface area contributed by atoms with E-state index >= 15 is 0 Å². The number of halogens is 1. The van der Waals surface area contributed by atoms with Crippen LogP contribution < -0.4 is 20.1 Å². The largest absolute Gasteiger partial charge is 0.497 e. The van der Waals surface area contributed by atoms with Gasteiger partial charge in [0.2, 0.25) is 5.91 Å². The molecule has 0 aromatic heterocycles. The van der Waals surface area contributed by atoms with Gasteiger partial charge in [-0.3, -0.25) is 9.69 Å². The number of anilines is 1. The molecule has 2 aromatic rings. The van der Waals surface area contributed by atoms with Gasteiger partial charge in [0, 0.05) is 36.8 Å². The Morgan fingerprint density at radius 3 is 2.85 bits per heavy atom. The van der Waals surface area contributed by atoms with Crippen LogP contribution >= 0.6 is 11.6 Å². The molecule has 1 aliphatic heterocycles. The molecule has 2 aromatic carbocycles. The molecule has 0 radical (unpaired) electrons. The molecule has 6 nitrogen and oxygen atoms in total. The van der Waals surface area contributed by atoms with Crippen LogP contribution in [0, 0.1) is 0 Å². The highest BCUT2D eigenvalue weighted by Gasteiger charge is 2.26. The summed E-state index contributed by atoms with van der Waals surface area (Å²) in [7, 11) is 3.16. The molecule has 1 amide bonds. The second-order valence-corrected chi connectivity index (χ2v) is 6.80. The lowest BCUT2D eigenvalue weighted by Gasteiger charge is -2.36. The van der Waals surface area contributed by atoms with Crippen molar-refractivity contribution in [1.82, 2.24) is 10.2 Å². The fourth-order valence-corrected chi connectivity index (χ4v) is 3.46. The Morgan fingerprint density at radius 1 is 1.26 bits per heavy atom. The van der Waals surface area contributed by atoms with Gasteiger partial charge in [0.1, 0.15) is 11.5 Å². The normalized spacial score (nSPS) is 17.4. The highest BCUT2D eigenvalue weighted by molar-refractivity contribution is 6.30. The molecule has 1 heterocycles. The highest BCUT2D eigenvalue weighted by Crippen LogP contribution is 2.29. The maximum Gasteiger partial charge on any atom is 0.238 e. The van der Waals surface area contributed by atoms with E-state index < -0.39 is 0 Å². The van der Waals surface area contributed by atoms with E-state index in [2.05, 4.69) is 15.5 Å². The van der Waals surface area contributed by atoms with Gasteiger partial charge in [-0.05, 0) is 29.8 Å². The number of benzene rings is 2. The van der Waals surface area contributed by atoms with Gasteiger partial charge in [0.05, 0.1) is 26.5 Å². The molecular weight excluding hydrogens is 366 g/mol. The first-order valence-electron chi connectivity index (χ1n) is 8.83. The van der Waals surface area contributed by atoms with E-state index in [0.717, 1.165) is 25.2 Å². The maximum atomic E-state index is 12.7. The van der Waals surface area contributed by atoms with Crippen molar-refractivity contribution in [1.29, 1.82) is 0 Å². The number of amides is 1. The predicted molar refractivity (Wildman–Crippen MR) is 107 cm³/mol. The average Bonchev–Trinajstić information content (AvgIpc) is 2.68. The Bertz CT molecular complexity index is 800. The third kappa shape index (κ3) is 4.91. The second kappa shape index (κ2) is 9.08. The topological polar surface area (TPSA) is 62.8 Å². The number of piperazine rings is 1. The molecule has 0 aliphatic carbocycles. The van der Waals surface area contributed by atoms with E-state index in [4.69, 9.17) is 21.1 Å². The molecular formula is C20H24ClN3O3. The number of hydrogen-bond donors (Lipinski definition) is 2. The van der Waals surface area contributed by atoms with Crippen LogP contribution in [0.3, 0.4) is 0 Å². The van der Waals surface area contributed by atoms with E-state index in [-0.39, 0.29) is 18.5 Å². The molecule has 7 heteroatoms. The van der Waals surface area contributed by atoms with Gasteiger partial charge in [0.25, 0.3) is 0 Å². The average molecular weight is 390 g/mol. The molecule has 144 valence electrons. The summed E-state index contributed by atoms with van der Waals surface area (Å²) in [6, 6.07) is 13.2. The Kier molecular flexibility index (Phi) is 6.55. The first kappa shape index (κ1) is 19.5. The molecule has 0 spiro atoms. The van der Waals surface area contributed by atoms with Gasteiger partial charge < -0.3 is 20.1 Å². The van der Waals surface area contributed by atoms with Crippen LogP contribution in [0.5, 0.6) is 11.5 Å². The Balaban J connectivity index is 1.72. The van der Waals surface area contributed by atoms with Crippen LogP contribution in [0.15, 0.2) is 42.5 Å². The number of nitrogens with zero attached hydrogens (tertiary/aromatic N) is 1. The van der Waals surface area contributed by atoms with E-state index in [1.807, 2.05) is 24.3 Å². The minimum Gasteiger partial charge on any atom is -0.497 e. The molecule has 3 rings (SSSR count). The molecule has 1 atom stereocenters. The standard InChI is InChI=1S/C20H24ClN3O3/c1-26-16-6-7-19(27-2)17(11-16)23-20(25)13-24-9-8-22-12-18(24)14-4-3-5-15(21)10-14/h3-7,10-11,18,22H,8-9,12-13H2,1-2H3,(H,23,25). The zero-order chi connectivity index (χ0) is 19.2. The van der Waals surface area contributed by atoms with E-state index in [1.54, 1.807) is 32.4 Å². The lowest BCUT2D eigenvalue weighted by Crippen LogP contribution is -2.48. The summed E-state index contributed by atoms with van der Waals surface area (Å²) in [6.07, 6.45) is 0. The Morgan fingerprint density at radius 2 is 2.11 bits per heavy atom. The van der Waals surface area contributed by atoms with E-state index in [1.165, 1.54) is 0 Å². The Hall–Kier alpha value is -2.28. The van der Waals surface area contributed by atoms with Gasteiger partial charge in [-0.15, -0.1) is 0 Å². The summed E-state index contributed by atoms with van der Waals surface area (Å²) in [4.78, 5) is 14.9. The van der Waals surface area contributed by atoms with Gasteiger partial charge in [-0.1, -0.05) is 23.7 Å². The molecule has 27 heavy (non-hydrogen) atoms. The highest BCUT2D eigenvalue weighted by atomic mass is 35.5. The number of hydrogen-bond acceptors (Lipinski definition) is 5. The molecule has 1 saturated heterocycles. The molecule has 2 N–H and O–H groups in total. The minimum atomic E-state index is -0.101. The third-order valence-electron chi connectivity index (χ3n) is 4.62. The Labute approximate surface area is 164 Å². The third-order valence-corrected chi connectivity index (χ3v) is 4.85. The van der Waals surface area contributed by atoms with Gasteiger partial charge in [0.15, 0.2) is 0 Å². The van der Waals surface area contributed by atoms with Crippen molar-refractivity contribution in [3.8, 4) is 11.5 Å². The van der Waals surface area contributed by atoms with Gasteiger partial charge in [-0.2, -0.15) is 0 Å². The number of methoxy groups -OCH3 is 2. The van der Waals surface area contributed by atoms with Crippen LogP contribution in [-0.4, -0.2) is 51.2 Å². The molecule has 1 fully saturated rings. The zero-order valence-corrected chi connectivity index (χ0v) is 16.3.